The van der Waals surface area contributed by atoms with Crippen LogP contribution in [0.1, 0.15) is 66.8 Å². The van der Waals surface area contributed by atoms with E-state index in [4.69, 9.17) is 14.5 Å². The van der Waals surface area contributed by atoms with Crippen LogP contribution in [0.2, 0.25) is 0 Å². The molecular formula is C33H38N4O4S. The summed E-state index contributed by atoms with van der Waals surface area (Å²) in [5.74, 6) is -0.115. The highest BCUT2D eigenvalue weighted by atomic mass is 32.1. The minimum absolute atomic E-state index is 0.169. The summed E-state index contributed by atoms with van der Waals surface area (Å²) in [6.45, 7) is 1.46. The van der Waals surface area contributed by atoms with Crippen molar-refractivity contribution in [2.24, 2.45) is 0 Å². The maximum atomic E-state index is 13.9. The van der Waals surface area contributed by atoms with Crippen molar-refractivity contribution in [2.75, 3.05) is 39.3 Å². The van der Waals surface area contributed by atoms with Crippen LogP contribution in [-0.4, -0.2) is 66.9 Å². The molecule has 2 aromatic heterocycles. The lowest BCUT2D eigenvalue weighted by Crippen LogP contribution is -2.36. The first-order valence-electron chi connectivity index (χ1n) is 14.8. The van der Waals surface area contributed by atoms with Gasteiger partial charge in [0.25, 0.3) is 0 Å². The predicted molar refractivity (Wildman–Crippen MR) is 167 cm³/mol. The Bertz CT molecular complexity index is 1570. The number of methoxy groups -OCH3 is 1. The fourth-order valence-electron chi connectivity index (χ4n) is 6.51. The highest BCUT2D eigenvalue weighted by Gasteiger charge is 2.32. The summed E-state index contributed by atoms with van der Waals surface area (Å²) in [5, 5.41) is 3.99. The number of anilines is 2. The van der Waals surface area contributed by atoms with Gasteiger partial charge in [0.05, 0.1) is 23.9 Å². The predicted octanol–water partition coefficient (Wildman–Crippen LogP) is 7.45. The van der Waals surface area contributed by atoms with Gasteiger partial charge in [0, 0.05) is 49.8 Å². The molecule has 1 saturated heterocycles. The molecule has 0 atom stereocenters. The number of carbonyl (C=O) groups is 2. The molecule has 9 heteroatoms. The summed E-state index contributed by atoms with van der Waals surface area (Å²) in [7, 11) is 4.90. The number of benzene rings is 2. The van der Waals surface area contributed by atoms with Crippen molar-refractivity contribution in [3.63, 3.8) is 0 Å². The van der Waals surface area contributed by atoms with Crippen LogP contribution in [0.4, 0.5) is 15.6 Å². The molecule has 0 radical (unpaired) electrons. The number of hydrogen-bond acceptors (Lipinski definition) is 7. The number of ether oxygens (including phenoxy) is 2. The van der Waals surface area contributed by atoms with Gasteiger partial charge in [-0.05, 0) is 61.4 Å². The van der Waals surface area contributed by atoms with Gasteiger partial charge in [0.2, 0.25) is 0 Å². The third-order valence-corrected chi connectivity index (χ3v) is 9.39. The molecule has 220 valence electrons. The number of hydrogen-bond donors (Lipinski definition) is 0. The lowest BCUT2D eigenvalue weighted by molar-refractivity contribution is 0.0600. The van der Waals surface area contributed by atoms with Gasteiger partial charge in [-0.1, -0.05) is 43.5 Å². The summed E-state index contributed by atoms with van der Waals surface area (Å²) in [6.07, 6.45) is 7.52. The van der Waals surface area contributed by atoms with Crippen molar-refractivity contribution >= 4 is 45.1 Å². The van der Waals surface area contributed by atoms with E-state index in [-0.39, 0.29) is 12.1 Å². The molecule has 0 unspecified atom stereocenters. The van der Waals surface area contributed by atoms with E-state index >= 15 is 0 Å². The third-order valence-electron chi connectivity index (χ3n) is 8.55. The molecule has 4 aromatic rings. The van der Waals surface area contributed by atoms with E-state index in [2.05, 4.69) is 34.5 Å². The molecule has 3 heterocycles. The number of amides is 1. The van der Waals surface area contributed by atoms with Gasteiger partial charge in [0.15, 0.2) is 5.13 Å². The minimum Gasteiger partial charge on any atom is -0.465 e. The smallest absolute Gasteiger partial charge is 0.337 e. The summed E-state index contributed by atoms with van der Waals surface area (Å²) in [4.78, 5) is 35.7. The van der Waals surface area contributed by atoms with Crippen molar-refractivity contribution < 1.29 is 19.1 Å². The van der Waals surface area contributed by atoms with Gasteiger partial charge in [-0.3, -0.25) is 4.57 Å². The van der Waals surface area contributed by atoms with Gasteiger partial charge in [-0.2, -0.15) is 0 Å². The Hall–Kier alpha value is -3.69. The first-order valence-corrected chi connectivity index (χ1v) is 15.7. The van der Waals surface area contributed by atoms with Gasteiger partial charge >= 0.3 is 12.0 Å². The SMILES string of the molecule is COC(=O)c1ccc2c(C3CCCCC3)c(-c3csc(N(c4ccccc4)C4CCOCC4)n3)n(C(=O)N(C)C)c2c1. The van der Waals surface area contributed by atoms with E-state index in [1.165, 1.54) is 13.5 Å². The first kappa shape index (κ1) is 28.4. The molecule has 1 saturated carbocycles. The van der Waals surface area contributed by atoms with Crippen molar-refractivity contribution in [3.8, 4) is 11.4 Å². The zero-order chi connectivity index (χ0) is 29.2. The molecule has 6 rings (SSSR count). The monoisotopic (exact) mass is 586 g/mol. The van der Waals surface area contributed by atoms with Crippen molar-refractivity contribution in [2.45, 2.75) is 56.9 Å². The zero-order valence-electron chi connectivity index (χ0n) is 24.5. The number of aromatic nitrogens is 2. The maximum Gasteiger partial charge on any atom is 0.337 e. The molecule has 2 aromatic carbocycles. The van der Waals surface area contributed by atoms with Gasteiger partial charge in [0.1, 0.15) is 5.69 Å². The molecule has 0 N–H and O–H groups in total. The van der Waals surface area contributed by atoms with Gasteiger partial charge in [-0.15, -0.1) is 11.3 Å². The molecule has 2 aliphatic rings. The number of carbonyl (C=O) groups excluding carboxylic acids is 2. The molecule has 8 nitrogen and oxygen atoms in total. The van der Waals surface area contributed by atoms with E-state index < -0.39 is 5.97 Å². The molecular weight excluding hydrogens is 548 g/mol. The van der Waals surface area contributed by atoms with Gasteiger partial charge < -0.3 is 19.3 Å². The Morgan fingerprint density at radius 1 is 1.00 bits per heavy atom. The van der Waals surface area contributed by atoms with Gasteiger partial charge in [-0.25, -0.2) is 14.6 Å². The molecule has 1 aliphatic carbocycles. The van der Waals surface area contributed by atoms with Crippen LogP contribution < -0.4 is 4.90 Å². The average molecular weight is 587 g/mol. The van der Waals surface area contributed by atoms with E-state index in [9.17, 15) is 9.59 Å². The molecule has 0 bridgehead atoms. The van der Waals surface area contributed by atoms with Crippen LogP contribution in [0.5, 0.6) is 0 Å². The lowest BCUT2D eigenvalue weighted by atomic mass is 9.82. The highest BCUT2D eigenvalue weighted by molar-refractivity contribution is 7.14. The fraction of sp³-hybridized carbons (Fsp3) is 0.424. The summed E-state index contributed by atoms with van der Waals surface area (Å²) < 4.78 is 12.5. The standard InChI is InChI=1S/C33H38N4O4S/c1-35(2)33(39)37-28-20-23(31(38)40-3)14-15-26(28)29(22-10-6-4-7-11-22)30(37)27-21-42-32(34-27)36(24-12-8-5-9-13-24)25-16-18-41-19-17-25/h5,8-9,12-15,20-22,25H,4,6-7,10-11,16-19H2,1-3H3. The number of thiazole rings is 1. The van der Waals surface area contributed by atoms with E-state index in [1.54, 1.807) is 41.0 Å². The molecule has 2 fully saturated rings. The molecule has 1 aliphatic heterocycles. The normalized spacial score (nSPS) is 16.5. The van der Waals surface area contributed by atoms with E-state index in [0.29, 0.717) is 17.0 Å². The maximum absolute atomic E-state index is 13.9. The van der Waals surface area contributed by atoms with E-state index in [1.807, 2.05) is 18.2 Å². The van der Waals surface area contributed by atoms with Crippen LogP contribution in [-0.2, 0) is 9.47 Å². The molecule has 1 amide bonds. The topological polar surface area (TPSA) is 76.9 Å². The van der Waals surface area contributed by atoms with Crippen molar-refractivity contribution in [1.82, 2.24) is 14.5 Å². The van der Waals surface area contributed by atoms with Crippen LogP contribution in [0.15, 0.2) is 53.9 Å². The lowest BCUT2D eigenvalue weighted by Gasteiger charge is -2.34. The van der Waals surface area contributed by atoms with Crippen LogP contribution >= 0.6 is 11.3 Å². The zero-order valence-corrected chi connectivity index (χ0v) is 25.4. The Morgan fingerprint density at radius 2 is 1.74 bits per heavy atom. The number of nitrogens with zero attached hydrogens (tertiary/aromatic N) is 4. The number of rotatable bonds is 6. The highest BCUT2D eigenvalue weighted by Crippen LogP contribution is 2.46. The van der Waals surface area contributed by atoms with Crippen molar-refractivity contribution in [1.29, 1.82) is 0 Å². The fourth-order valence-corrected chi connectivity index (χ4v) is 7.41. The number of esters is 1. The van der Waals surface area contributed by atoms with E-state index in [0.717, 1.165) is 84.9 Å². The summed E-state index contributed by atoms with van der Waals surface area (Å²) >= 11 is 1.61. The number of para-hydroxylation sites is 1. The average Bonchev–Trinajstić information content (AvgIpc) is 3.64. The van der Waals surface area contributed by atoms with Crippen LogP contribution in [0.3, 0.4) is 0 Å². The minimum atomic E-state index is -0.423. The second kappa shape index (κ2) is 12.3. The Labute approximate surface area is 250 Å². The Kier molecular flexibility index (Phi) is 8.31. The largest absolute Gasteiger partial charge is 0.465 e. The third kappa shape index (κ3) is 5.31. The Balaban J connectivity index is 1.56. The molecule has 42 heavy (non-hydrogen) atoms. The summed E-state index contributed by atoms with van der Waals surface area (Å²) in [5.41, 5.74) is 5.02. The Morgan fingerprint density at radius 3 is 2.43 bits per heavy atom. The quantitative estimate of drug-likeness (QED) is 0.219. The van der Waals surface area contributed by atoms with Crippen molar-refractivity contribution in [3.05, 3.63) is 65.0 Å². The second-order valence-electron chi connectivity index (χ2n) is 11.4. The first-order chi connectivity index (χ1) is 20.5. The second-order valence-corrected chi connectivity index (χ2v) is 12.2. The number of fused-ring (bicyclic) bond motifs is 1. The van der Waals surface area contributed by atoms with Crippen LogP contribution in [0.25, 0.3) is 22.3 Å². The molecule has 0 spiro atoms. The van der Waals surface area contributed by atoms with Crippen LogP contribution in [0, 0.1) is 0 Å². The summed E-state index contributed by atoms with van der Waals surface area (Å²) in [6, 6.07) is 16.1.